The monoisotopic (exact) mass is 238 g/mol. The number of carbonyl (C=O) groups excluding carboxylic acids is 1. The van der Waals surface area contributed by atoms with Gasteiger partial charge in [0.05, 0.1) is 0 Å². The number of anilines is 1. The average molecular weight is 238 g/mol. The number of nitrogen functional groups attached to an aromatic ring is 1. The van der Waals surface area contributed by atoms with Gasteiger partial charge in [0.1, 0.15) is 0 Å². The maximum absolute atomic E-state index is 11.4. The Hall–Kier alpha value is -1.16. The highest BCUT2D eigenvalue weighted by Crippen LogP contribution is 2.08. The molecule has 0 atom stereocenters. The first-order chi connectivity index (χ1) is 7.72. The van der Waals surface area contributed by atoms with Crippen LogP contribution in [0, 0.1) is 0 Å². The average Bonchev–Trinajstić information content (AvgIpc) is 2.27. The molecule has 0 unspecified atom stereocenters. The SMILES string of the molecule is CSCCNC(=O)CCc1cccc(N)c1. The van der Waals surface area contributed by atoms with Crippen LogP contribution in [-0.2, 0) is 11.2 Å². The van der Waals surface area contributed by atoms with Crippen LogP contribution in [0.15, 0.2) is 24.3 Å². The van der Waals surface area contributed by atoms with E-state index in [2.05, 4.69) is 5.32 Å². The van der Waals surface area contributed by atoms with Gasteiger partial charge < -0.3 is 11.1 Å². The summed E-state index contributed by atoms with van der Waals surface area (Å²) < 4.78 is 0. The Kier molecular flexibility index (Phi) is 5.78. The standard InChI is InChI=1S/C12H18N2OS/c1-16-8-7-14-12(15)6-5-10-3-2-4-11(13)9-10/h2-4,9H,5-8,13H2,1H3,(H,14,15). The second kappa shape index (κ2) is 7.17. The van der Waals surface area contributed by atoms with Crippen LogP contribution >= 0.6 is 11.8 Å². The Balaban J connectivity index is 2.26. The van der Waals surface area contributed by atoms with Crippen LogP contribution in [0.2, 0.25) is 0 Å². The molecule has 0 radical (unpaired) electrons. The molecule has 0 spiro atoms. The fourth-order valence-corrected chi connectivity index (χ4v) is 1.69. The number of carbonyl (C=O) groups is 1. The van der Waals surface area contributed by atoms with Crippen LogP contribution in [-0.4, -0.2) is 24.5 Å². The number of hydrogen-bond donors (Lipinski definition) is 2. The van der Waals surface area contributed by atoms with Crippen molar-refractivity contribution in [2.45, 2.75) is 12.8 Å². The summed E-state index contributed by atoms with van der Waals surface area (Å²) in [5.41, 5.74) is 7.52. The van der Waals surface area contributed by atoms with Gasteiger partial charge in [-0.3, -0.25) is 4.79 Å². The zero-order valence-corrected chi connectivity index (χ0v) is 10.3. The molecule has 1 rings (SSSR count). The van der Waals surface area contributed by atoms with Gasteiger partial charge in [-0.2, -0.15) is 11.8 Å². The largest absolute Gasteiger partial charge is 0.399 e. The first-order valence-electron chi connectivity index (χ1n) is 5.32. The molecule has 3 nitrogen and oxygen atoms in total. The number of rotatable bonds is 6. The highest BCUT2D eigenvalue weighted by molar-refractivity contribution is 7.98. The number of amides is 1. The summed E-state index contributed by atoms with van der Waals surface area (Å²) in [5.74, 6) is 1.07. The summed E-state index contributed by atoms with van der Waals surface area (Å²) in [4.78, 5) is 11.4. The predicted molar refractivity (Wildman–Crippen MR) is 70.6 cm³/mol. The highest BCUT2D eigenvalue weighted by Gasteiger charge is 2.01. The molecule has 0 aliphatic heterocycles. The van der Waals surface area contributed by atoms with E-state index in [0.29, 0.717) is 6.42 Å². The fraction of sp³-hybridized carbons (Fsp3) is 0.417. The molecule has 0 heterocycles. The van der Waals surface area contributed by atoms with Crippen molar-refractivity contribution < 1.29 is 4.79 Å². The van der Waals surface area contributed by atoms with E-state index in [0.717, 1.165) is 30.0 Å². The summed E-state index contributed by atoms with van der Waals surface area (Å²) in [5, 5.41) is 2.88. The van der Waals surface area contributed by atoms with E-state index in [-0.39, 0.29) is 5.91 Å². The summed E-state index contributed by atoms with van der Waals surface area (Å²) in [6.45, 7) is 0.747. The molecule has 0 fully saturated rings. The third-order valence-corrected chi connectivity index (χ3v) is 2.83. The van der Waals surface area contributed by atoms with Gasteiger partial charge in [-0.15, -0.1) is 0 Å². The zero-order valence-electron chi connectivity index (χ0n) is 9.53. The van der Waals surface area contributed by atoms with Crippen molar-refractivity contribution in [3.05, 3.63) is 29.8 Å². The Morgan fingerprint density at radius 1 is 1.50 bits per heavy atom. The molecular weight excluding hydrogens is 220 g/mol. The lowest BCUT2D eigenvalue weighted by atomic mass is 10.1. The third-order valence-electron chi connectivity index (χ3n) is 2.22. The number of nitrogens with one attached hydrogen (secondary N) is 1. The minimum absolute atomic E-state index is 0.108. The molecule has 0 aromatic heterocycles. The summed E-state index contributed by atoms with van der Waals surface area (Å²) in [7, 11) is 0. The summed E-state index contributed by atoms with van der Waals surface area (Å²) >= 11 is 1.73. The fourth-order valence-electron chi connectivity index (χ4n) is 1.39. The number of nitrogens with two attached hydrogens (primary N) is 1. The van der Waals surface area contributed by atoms with Gasteiger partial charge >= 0.3 is 0 Å². The van der Waals surface area contributed by atoms with Gasteiger partial charge in [-0.25, -0.2) is 0 Å². The van der Waals surface area contributed by atoms with E-state index in [1.165, 1.54) is 0 Å². The predicted octanol–water partition coefficient (Wildman–Crippen LogP) is 1.68. The van der Waals surface area contributed by atoms with Crippen LogP contribution in [0.3, 0.4) is 0 Å². The molecule has 1 amide bonds. The van der Waals surface area contributed by atoms with Crippen LogP contribution in [0.5, 0.6) is 0 Å². The number of benzene rings is 1. The molecular formula is C12H18N2OS. The molecule has 4 heteroatoms. The van der Waals surface area contributed by atoms with Gasteiger partial charge in [0.15, 0.2) is 0 Å². The lowest BCUT2D eigenvalue weighted by Crippen LogP contribution is -2.25. The van der Waals surface area contributed by atoms with Crippen molar-refractivity contribution in [2.75, 3.05) is 24.3 Å². The molecule has 1 aromatic rings. The Morgan fingerprint density at radius 3 is 3.00 bits per heavy atom. The molecule has 88 valence electrons. The highest BCUT2D eigenvalue weighted by atomic mass is 32.2. The normalized spacial score (nSPS) is 10.1. The maximum Gasteiger partial charge on any atom is 0.220 e. The van der Waals surface area contributed by atoms with E-state index in [9.17, 15) is 4.79 Å². The minimum atomic E-state index is 0.108. The lowest BCUT2D eigenvalue weighted by Gasteiger charge is -2.04. The molecule has 0 saturated heterocycles. The van der Waals surface area contributed by atoms with Crippen molar-refractivity contribution in [3.8, 4) is 0 Å². The molecule has 0 bridgehead atoms. The zero-order chi connectivity index (χ0) is 11.8. The molecule has 3 N–H and O–H groups in total. The van der Waals surface area contributed by atoms with Gasteiger partial charge in [0.25, 0.3) is 0 Å². The summed E-state index contributed by atoms with van der Waals surface area (Å²) in [6.07, 6.45) is 3.30. The number of thioether (sulfide) groups is 1. The number of aryl methyl sites for hydroxylation is 1. The topological polar surface area (TPSA) is 55.1 Å². The molecule has 0 aliphatic rings. The van der Waals surface area contributed by atoms with Gasteiger partial charge in [0, 0.05) is 24.4 Å². The van der Waals surface area contributed by atoms with Crippen LogP contribution < -0.4 is 11.1 Å². The van der Waals surface area contributed by atoms with E-state index in [4.69, 9.17) is 5.73 Å². The second-order valence-electron chi connectivity index (χ2n) is 3.59. The van der Waals surface area contributed by atoms with Gasteiger partial charge in [-0.1, -0.05) is 12.1 Å². The minimum Gasteiger partial charge on any atom is -0.399 e. The summed E-state index contributed by atoms with van der Waals surface area (Å²) in [6, 6.07) is 7.67. The second-order valence-corrected chi connectivity index (χ2v) is 4.57. The Morgan fingerprint density at radius 2 is 2.31 bits per heavy atom. The van der Waals surface area contributed by atoms with Crippen LogP contribution in [0.25, 0.3) is 0 Å². The van der Waals surface area contributed by atoms with Crippen molar-refractivity contribution >= 4 is 23.4 Å². The Labute approximate surface area is 101 Å². The van der Waals surface area contributed by atoms with Crippen LogP contribution in [0.4, 0.5) is 5.69 Å². The van der Waals surface area contributed by atoms with Crippen molar-refractivity contribution in [1.82, 2.24) is 5.32 Å². The van der Waals surface area contributed by atoms with E-state index in [1.54, 1.807) is 11.8 Å². The van der Waals surface area contributed by atoms with Gasteiger partial charge in [0.2, 0.25) is 5.91 Å². The molecule has 0 aliphatic carbocycles. The number of hydrogen-bond acceptors (Lipinski definition) is 3. The van der Waals surface area contributed by atoms with Crippen molar-refractivity contribution in [1.29, 1.82) is 0 Å². The lowest BCUT2D eigenvalue weighted by molar-refractivity contribution is -0.120. The van der Waals surface area contributed by atoms with E-state index >= 15 is 0 Å². The first kappa shape index (κ1) is 12.9. The Bertz CT molecular complexity index is 342. The van der Waals surface area contributed by atoms with Crippen molar-refractivity contribution in [3.63, 3.8) is 0 Å². The third kappa shape index (κ3) is 5.07. The van der Waals surface area contributed by atoms with Crippen LogP contribution in [0.1, 0.15) is 12.0 Å². The molecule has 1 aromatic carbocycles. The van der Waals surface area contributed by atoms with E-state index in [1.807, 2.05) is 30.5 Å². The maximum atomic E-state index is 11.4. The van der Waals surface area contributed by atoms with Crippen molar-refractivity contribution in [2.24, 2.45) is 0 Å². The first-order valence-corrected chi connectivity index (χ1v) is 6.72. The molecule has 0 saturated carbocycles. The molecule has 16 heavy (non-hydrogen) atoms. The van der Waals surface area contributed by atoms with E-state index < -0.39 is 0 Å². The quantitative estimate of drug-likeness (QED) is 0.585. The van der Waals surface area contributed by atoms with Gasteiger partial charge in [-0.05, 0) is 30.4 Å². The smallest absolute Gasteiger partial charge is 0.220 e.